The molecular weight excluding hydrogens is 278 g/mol. The van der Waals surface area contributed by atoms with Crippen molar-refractivity contribution >= 4 is 6.03 Å². The van der Waals surface area contributed by atoms with Crippen LogP contribution < -0.4 is 10.6 Å². The summed E-state index contributed by atoms with van der Waals surface area (Å²) in [5, 5.41) is 14.8. The number of aliphatic hydroxyl groups excluding tert-OH is 1. The molecule has 3 N–H and O–H groups in total. The highest BCUT2D eigenvalue weighted by molar-refractivity contribution is 5.73. The van der Waals surface area contributed by atoms with Crippen molar-refractivity contribution in [3.8, 4) is 0 Å². The Labute approximate surface area is 133 Å². The number of likely N-dealkylation sites (N-methyl/N-ethyl adjacent to an activating group) is 1. The molecule has 2 atom stereocenters. The second-order valence-electron chi connectivity index (χ2n) is 5.85. The van der Waals surface area contributed by atoms with Crippen LogP contribution in [0.15, 0.2) is 24.3 Å². The molecule has 1 aromatic carbocycles. The van der Waals surface area contributed by atoms with Crippen molar-refractivity contribution in [1.29, 1.82) is 0 Å². The van der Waals surface area contributed by atoms with Crippen LogP contribution in [0.2, 0.25) is 0 Å². The molecule has 0 saturated heterocycles. The summed E-state index contributed by atoms with van der Waals surface area (Å²) >= 11 is 0. The van der Waals surface area contributed by atoms with Crippen LogP contribution in [0.3, 0.4) is 0 Å². The average Bonchev–Trinajstić information content (AvgIpc) is 2.47. The van der Waals surface area contributed by atoms with E-state index in [1.54, 1.807) is 6.92 Å². The highest BCUT2D eigenvalue weighted by atomic mass is 16.3. The molecule has 5 nitrogen and oxygen atoms in total. The van der Waals surface area contributed by atoms with Crippen LogP contribution >= 0.6 is 0 Å². The number of carbonyl (C=O) groups excluding carboxylic acids is 1. The molecule has 0 aromatic heterocycles. The van der Waals surface area contributed by atoms with Gasteiger partial charge in [0.1, 0.15) is 0 Å². The van der Waals surface area contributed by atoms with Gasteiger partial charge in [-0.2, -0.15) is 0 Å². The van der Waals surface area contributed by atoms with Gasteiger partial charge in [-0.05, 0) is 45.0 Å². The standard InChI is InChI=1S/C17H29N3O2/c1-5-14-6-8-15(9-7-14)16(20(3)4)12-19-17(22)18-11-10-13(2)21/h6-9,13,16,21H,5,10-12H2,1-4H3,(H2,18,19,22). The van der Waals surface area contributed by atoms with E-state index in [0.29, 0.717) is 19.5 Å². The van der Waals surface area contributed by atoms with Crippen LogP contribution in [0.5, 0.6) is 0 Å². The Morgan fingerprint density at radius 3 is 2.36 bits per heavy atom. The van der Waals surface area contributed by atoms with Gasteiger partial charge in [-0.1, -0.05) is 31.2 Å². The minimum absolute atomic E-state index is 0.133. The third-order valence-corrected chi connectivity index (χ3v) is 3.70. The lowest BCUT2D eigenvalue weighted by molar-refractivity contribution is 0.183. The van der Waals surface area contributed by atoms with Crippen molar-refractivity contribution in [3.05, 3.63) is 35.4 Å². The average molecular weight is 307 g/mol. The summed E-state index contributed by atoms with van der Waals surface area (Å²) in [4.78, 5) is 13.9. The van der Waals surface area contributed by atoms with Gasteiger partial charge in [0.15, 0.2) is 0 Å². The minimum atomic E-state index is -0.396. The van der Waals surface area contributed by atoms with Gasteiger partial charge in [-0.3, -0.25) is 0 Å². The predicted octanol–water partition coefficient (Wildman–Crippen LogP) is 1.92. The van der Waals surface area contributed by atoms with Gasteiger partial charge in [0, 0.05) is 13.1 Å². The molecule has 0 radical (unpaired) electrons. The SMILES string of the molecule is CCc1ccc(C(CNC(=O)NCCC(C)O)N(C)C)cc1. The number of aryl methyl sites for hydroxylation is 1. The van der Waals surface area contributed by atoms with Crippen molar-refractivity contribution in [2.75, 3.05) is 27.2 Å². The summed E-state index contributed by atoms with van der Waals surface area (Å²) in [5.74, 6) is 0. The largest absolute Gasteiger partial charge is 0.393 e. The molecule has 2 unspecified atom stereocenters. The maximum atomic E-state index is 11.8. The number of urea groups is 1. The molecule has 5 heteroatoms. The zero-order valence-electron chi connectivity index (χ0n) is 14.1. The lowest BCUT2D eigenvalue weighted by atomic mass is 10.0. The molecule has 2 amide bonds. The van der Waals surface area contributed by atoms with Crippen LogP contribution in [0, 0.1) is 0 Å². The Bertz CT molecular complexity index is 444. The summed E-state index contributed by atoms with van der Waals surface area (Å²) in [6.07, 6.45) is 1.19. The maximum Gasteiger partial charge on any atom is 0.314 e. The molecule has 124 valence electrons. The van der Waals surface area contributed by atoms with E-state index in [-0.39, 0.29) is 12.1 Å². The molecule has 0 saturated carbocycles. The Balaban J connectivity index is 2.52. The van der Waals surface area contributed by atoms with E-state index in [1.807, 2.05) is 14.1 Å². The maximum absolute atomic E-state index is 11.8. The van der Waals surface area contributed by atoms with Gasteiger partial charge in [0.05, 0.1) is 12.1 Å². The summed E-state index contributed by atoms with van der Waals surface area (Å²) in [6, 6.07) is 8.45. The summed E-state index contributed by atoms with van der Waals surface area (Å²) < 4.78 is 0. The second-order valence-corrected chi connectivity index (χ2v) is 5.85. The predicted molar refractivity (Wildman–Crippen MR) is 89.9 cm³/mol. The molecule has 0 aliphatic heterocycles. The molecular formula is C17H29N3O2. The number of carbonyl (C=O) groups is 1. The summed E-state index contributed by atoms with van der Waals surface area (Å²) in [6.45, 7) is 4.86. The van der Waals surface area contributed by atoms with Crippen LogP contribution in [0.4, 0.5) is 4.79 Å². The zero-order valence-corrected chi connectivity index (χ0v) is 14.1. The fourth-order valence-corrected chi connectivity index (χ4v) is 2.22. The number of aliphatic hydroxyl groups is 1. The van der Waals surface area contributed by atoms with Crippen LogP contribution in [0.25, 0.3) is 0 Å². The Morgan fingerprint density at radius 1 is 1.23 bits per heavy atom. The number of hydrogen-bond donors (Lipinski definition) is 3. The first kappa shape index (κ1) is 18.5. The Hall–Kier alpha value is -1.59. The van der Waals surface area contributed by atoms with Crippen molar-refractivity contribution in [3.63, 3.8) is 0 Å². The number of nitrogens with zero attached hydrogens (tertiary/aromatic N) is 1. The molecule has 1 rings (SSSR count). The molecule has 0 aliphatic rings. The van der Waals surface area contributed by atoms with Crippen LogP contribution in [-0.4, -0.2) is 49.3 Å². The van der Waals surface area contributed by atoms with Crippen molar-refractivity contribution < 1.29 is 9.90 Å². The van der Waals surface area contributed by atoms with Gasteiger partial charge in [-0.15, -0.1) is 0 Å². The van der Waals surface area contributed by atoms with Crippen LogP contribution in [0.1, 0.15) is 37.4 Å². The highest BCUT2D eigenvalue weighted by Crippen LogP contribution is 2.18. The quantitative estimate of drug-likeness (QED) is 0.687. The van der Waals surface area contributed by atoms with Crippen LogP contribution in [-0.2, 0) is 6.42 Å². The van der Waals surface area contributed by atoms with Gasteiger partial charge < -0.3 is 20.6 Å². The molecule has 22 heavy (non-hydrogen) atoms. The Kier molecular flexibility index (Phi) is 7.91. The van der Waals surface area contributed by atoms with E-state index in [1.165, 1.54) is 11.1 Å². The minimum Gasteiger partial charge on any atom is -0.393 e. The molecule has 0 aliphatic carbocycles. The van der Waals surface area contributed by atoms with E-state index in [4.69, 9.17) is 5.11 Å². The number of amides is 2. The molecule has 0 fully saturated rings. The van der Waals surface area contributed by atoms with Gasteiger partial charge in [0.25, 0.3) is 0 Å². The third kappa shape index (κ3) is 6.45. The van der Waals surface area contributed by atoms with Crippen molar-refractivity contribution in [1.82, 2.24) is 15.5 Å². The molecule has 1 aromatic rings. The van der Waals surface area contributed by atoms with Gasteiger partial charge >= 0.3 is 6.03 Å². The molecule has 0 spiro atoms. The van der Waals surface area contributed by atoms with E-state index in [9.17, 15) is 4.79 Å². The fraction of sp³-hybridized carbons (Fsp3) is 0.588. The number of benzene rings is 1. The first-order chi connectivity index (χ1) is 10.4. The first-order valence-electron chi connectivity index (χ1n) is 7.89. The lowest BCUT2D eigenvalue weighted by Crippen LogP contribution is -2.41. The first-order valence-corrected chi connectivity index (χ1v) is 7.89. The number of hydrogen-bond acceptors (Lipinski definition) is 3. The van der Waals surface area contributed by atoms with Crippen molar-refractivity contribution in [2.24, 2.45) is 0 Å². The molecule has 0 bridgehead atoms. The fourth-order valence-electron chi connectivity index (χ4n) is 2.22. The smallest absolute Gasteiger partial charge is 0.314 e. The topological polar surface area (TPSA) is 64.6 Å². The number of rotatable bonds is 8. The normalized spacial score (nSPS) is 13.7. The van der Waals surface area contributed by atoms with Gasteiger partial charge in [0.2, 0.25) is 0 Å². The monoisotopic (exact) mass is 307 g/mol. The zero-order chi connectivity index (χ0) is 16.5. The summed E-state index contributed by atoms with van der Waals surface area (Å²) in [5.41, 5.74) is 2.50. The second kappa shape index (κ2) is 9.43. The number of nitrogens with one attached hydrogen (secondary N) is 2. The van der Waals surface area contributed by atoms with Gasteiger partial charge in [-0.25, -0.2) is 4.79 Å². The molecule has 0 heterocycles. The van der Waals surface area contributed by atoms with Crippen molar-refractivity contribution in [2.45, 2.75) is 38.8 Å². The Morgan fingerprint density at radius 2 is 1.86 bits per heavy atom. The summed E-state index contributed by atoms with van der Waals surface area (Å²) in [7, 11) is 4.01. The third-order valence-electron chi connectivity index (χ3n) is 3.70. The van der Waals surface area contributed by atoms with E-state index < -0.39 is 6.10 Å². The lowest BCUT2D eigenvalue weighted by Gasteiger charge is -2.25. The van der Waals surface area contributed by atoms with E-state index >= 15 is 0 Å². The van der Waals surface area contributed by atoms with E-state index in [0.717, 1.165) is 6.42 Å². The highest BCUT2D eigenvalue weighted by Gasteiger charge is 2.15. The van der Waals surface area contributed by atoms with E-state index in [2.05, 4.69) is 46.7 Å².